The normalized spacial score (nSPS) is 8.75. The van der Waals surface area contributed by atoms with Crippen LogP contribution in [0.2, 0.25) is 0 Å². The van der Waals surface area contributed by atoms with Gasteiger partial charge in [0.1, 0.15) is 0 Å². The van der Waals surface area contributed by atoms with Crippen molar-refractivity contribution in [3.63, 3.8) is 0 Å². The summed E-state index contributed by atoms with van der Waals surface area (Å²) in [5.74, 6) is 0. The number of alkyl halides is 1. The van der Waals surface area contributed by atoms with E-state index in [9.17, 15) is 4.79 Å². The second-order valence-electron chi connectivity index (χ2n) is 2.36. The monoisotopic (exact) mass is 379 g/mol. The van der Waals surface area contributed by atoms with E-state index in [4.69, 9.17) is 13.3 Å². The van der Waals surface area contributed by atoms with Gasteiger partial charge >= 0.3 is 9.53 Å². The molecule has 0 saturated heterocycles. The Balaban J connectivity index is -0.000000172. The lowest BCUT2D eigenvalue weighted by Gasteiger charge is -2.02. The molecule has 0 aliphatic heterocycles. The molecule has 0 amide bonds. The number of rotatable bonds is 5. The average Bonchev–Trinajstić information content (AvgIpc) is 2.22. The molecule has 0 aliphatic rings. The molecule has 16 heavy (non-hydrogen) atoms. The van der Waals surface area contributed by atoms with Crippen molar-refractivity contribution >= 4 is 46.1 Å². The van der Waals surface area contributed by atoms with Crippen LogP contribution in [-0.4, -0.2) is 40.9 Å². The molecule has 0 fully saturated rings. The average molecular weight is 381 g/mol. The minimum Gasteiger partial charge on any atom is -0.375 e. The summed E-state index contributed by atoms with van der Waals surface area (Å²) in [7, 11) is 3.31. The number of carbonyl (C=O) groups excluding carboxylic acids is 1. The molecule has 0 aromatic rings. The van der Waals surface area contributed by atoms with Gasteiger partial charge in [0.05, 0.1) is 0 Å². The van der Waals surface area contributed by atoms with Crippen LogP contribution in [-0.2, 0) is 18.1 Å². The first kappa shape index (κ1) is 22.0. The van der Waals surface area contributed by atoms with Crippen molar-refractivity contribution in [2.24, 2.45) is 0 Å². The van der Waals surface area contributed by atoms with Crippen LogP contribution in [0.15, 0.2) is 0 Å². The molecule has 7 heteroatoms. The summed E-state index contributed by atoms with van der Waals surface area (Å²) in [5, 5.41) is 0.747. The molecule has 0 heterocycles. The van der Waals surface area contributed by atoms with E-state index >= 15 is 0 Å². The Labute approximate surface area is 117 Å². The number of hydrogen-bond donors (Lipinski definition) is 0. The summed E-state index contributed by atoms with van der Waals surface area (Å²) in [5.41, 5.74) is 0. The van der Waals surface area contributed by atoms with Gasteiger partial charge in [0.15, 0.2) is 4.69 Å². The molecule has 0 atom stereocenters. The third-order valence-electron chi connectivity index (χ3n) is 0.791. The predicted molar refractivity (Wildman–Crippen MR) is 75.1 cm³/mol. The highest BCUT2D eigenvalue weighted by Gasteiger charge is 2.09. The Hall–Kier alpha value is 0.727. The van der Waals surface area contributed by atoms with Crippen LogP contribution in [0.1, 0.15) is 26.7 Å². The fraction of sp³-hybridized carbons (Fsp3) is 0.889. The lowest BCUT2D eigenvalue weighted by Crippen LogP contribution is -2.21. The molecule has 0 aromatic carbocycles. The van der Waals surface area contributed by atoms with E-state index in [1.807, 2.05) is 0 Å². The van der Waals surface area contributed by atoms with Crippen LogP contribution in [0, 0.1) is 0 Å². The lowest BCUT2D eigenvalue weighted by atomic mass is 10.6. The van der Waals surface area contributed by atoms with Gasteiger partial charge in [-0.1, -0.05) is 36.2 Å². The molecule has 0 aromatic heterocycles. The van der Waals surface area contributed by atoms with Crippen molar-refractivity contribution < 1.29 is 18.1 Å². The Morgan fingerprint density at radius 2 is 1.44 bits per heavy atom. The molecule has 4 nitrogen and oxygen atoms in total. The van der Waals surface area contributed by atoms with E-state index in [1.54, 1.807) is 21.3 Å². The van der Waals surface area contributed by atoms with Crippen LogP contribution in [0.5, 0.6) is 0 Å². The highest BCUT2D eigenvalue weighted by atomic mass is 79.9. The Morgan fingerprint density at radius 3 is 1.44 bits per heavy atom. The molecule has 0 unspecified atom stereocenters. The van der Waals surface area contributed by atoms with E-state index in [2.05, 4.69) is 45.7 Å². The fourth-order valence-electron chi connectivity index (χ4n) is 0.324. The molecule has 1 radical (unpaired) electrons. The van der Waals surface area contributed by atoms with Crippen LogP contribution >= 0.6 is 31.9 Å². The molecule has 99 valence electrons. The van der Waals surface area contributed by atoms with Crippen molar-refractivity contribution in [1.82, 2.24) is 0 Å². The fourth-order valence-corrected chi connectivity index (χ4v) is 1.91. The molecular formula is C9H21Br2O4Si. The van der Waals surface area contributed by atoms with Crippen molar-refractivity contribution in [3.05, 3.63) is 0 Å². The van der Waals surface area contributed by atoms with Gasteiger partial charge in [-0.15, -0.1) is 0 Å². The molecule has 0 saturated carbocycles. The van der Waals surface area contributed by atoms with E-state index in [-0.39, 0.29) is 4.69 Å². The van der Waals surface area contributed by atoms with Gasteiger partial charge < -0.3 is 13.3 Å². The second-order valence-corrected chi connectivity index (χ2v) is 5.77. The zero-order chi connectivity index (χ0) is 13.4. The Kier molecular flexibility index (Phi) is 28.9. The van der Waals surface area contributed by atoms with Crippen molar-refractivity contribution in [1.29, 1.82) is 0 Å². The van der Waals surface area contributed by atoms with Gasteiger partial charge in [-0.05, 0) is 15.9 Å². The minimum absolute atomic E-state index is 0.0550. The van der Waals surface area contributed by atoms with E-state index in [0.29, 0.717) is 6.42 Å². The van der Waals surface area contributed by atoms with Gasteiger partial charge in [0.25, 0.3) is 0 Å². The first-order chi connectivity index (χ1) is 7.53. The summed E-state index contributed by atoms with van der Waals surface area (Å²) in [4.78, 5) is 9.93. The van der Waals surface area contributed by atoms with Crippen LogP contribution in [0.25, 0.3) is 0 Å². The predicted octanol–water partition coefficient (Wildman–Crippen LogP) is 3.02. The quantitative estimate of drug-likeness (QED) is 0.417. The molecule has 0 spiro atoms. The SMILES string of the molecule is CCC.CO[Si](OC)OC.O=C(Br)CCBr. The zero-order valence-electron chi connectivity index (χ0n) is 10.5. The van der Waals surface area contributed by atoms with Crippen LogP contribution in [0.4, 0.5) is 0 Å². The zero-order valence-corrected chi connectivity index (χ0v) is 14.7. The van der Waals surface area contributed by atoms with E-state index in [0.717, 1.165) is 5.33 Å². The summed E-state index contributed by atoms with van der Waals surface area (Å²) in [6.45, 7) is 4.25. The van der Waals surface area contributed by atoms with E-state index < -0.39 is 9.53 Å². The van der Waals surface area contributed by atoms with Gasteiger partial charge in [-0.25, -0.2) is 0 Å². The largest absolute Gasteiger partial charge is 0.576 e. The summed E-state index contributed by atoms with van der Waals surface area (Å²) >= 11 is 5.86. The summed E-state index contributed by atoms with van der Waals surface area (Å²) < 4.78 is 14.2. The number of hydrogen-bond acceptors (Lipinski definition) is 4. The smallest absolute Gasteiger partial charge is 0.375 e. The highest BCUT2D eigenvalue weighted by Crippen LogP contribution is 1.93. The van der Waals surface area contributed by atoms with Gasteiger partial charge in [0.2, 0.25) is 0 Å². The molecule has 0 rings (SSSR count). The van der Waals surface area contributed by atoms with Crippen molar-refractivity contribution in [2.75, 3.05) is 26.7 Å². The highest BCUT2D eigenvalue weighted by molar-refractivity contribution is 9.18. The van der Waals surface area contributed by atoms with E-state index in [1.165, 1.54) is 6.42 Å². The standard InChI is InChI=1S/C3H4Br2O.C3H9O3Si.C3H8/c4-2-1-3(5)6;1-4-7(5-2)6-3;1-3-2/h1-2H2;1-3H3;3H2,1-2H3. The number of halogens is 2. The first-order valence-corrected chi connectivity index (χ1v) is 7.90. The maximum absolute atomic E-state index is 9.93. The Morgan fingerprint density at radius 1 is 1.12 bits per heavy atom. The first-order valence-electron chi connectivity index (χ1n) is 4.77. The third kappa shape index (κ3) is 29.3. The summed E-state index contributed by atoms with van der Waals surface area (Å²) in [6, 6.07) is 0. The maximum atomic E-state index is 9.93. The van der Waals surface area contributed by atoms with Crippen molar-refractivity contribution in [3.8, 4) is 0 Å². The minimum atomic E-state index is -1.36. The van der Waals surface area contributed by atoms with Gasteiger partial charge in [-0.3, -0.25) is 4.79 Å². The molecule has 0 N–H and O–H groups in total. The molecule has 0 bridgehead atoms. The van der Waals surface area contributed by atoms with Crippen molar-refractivity contribution in [2.45, 2.75) is 26.7 Å². The molecular weight excluding hydrogens is 360 g/mol. The Bertz CT molecular complexity index is 129. The van der Waals surface area contributed by atoms with Gasteiger partial charge in [0, 0.05) is 33.1 Å². The second kappa shape index (κ2) is 21.1. The third-order valence-corrected chi connectivity index (χ3v) is 2.58. The maximum Gasteiger partial charge on any atom is 0.576 e. The molecule has 0 aliphatic carbocycles. The topological polar surface area (TPSA) is 44.8 Å². The lowest BCUT2D eigenvalue weighted by molar-refractivity contribution is -0.109. The van der Waals surface area contributed by atoms with Crippen LogP contribution in [0.3, 0.4) is 0 Å². The van der Waals surface area contributed by atoms with Crippen LogP contribution < -0.4 is 0 Å². The summed E-state index contributed by atoms with van der Waals surface area (Å²) in [6.07, 6.45) is 1.82. The number of carbonyl (C=O) groups is 1. The van der Waals surface area contributed by atoms with Gasteiger partial charge in [-0.2, -0.15) is 0 Å².